The number of guanidine groups is 1. The molecule has 0 aliphatic heterocycles. The third-order valence-electron chi connectivity index (χ3n) is 3.85. The molecule has 0 amide bonds. The van der Waals surface area contributed by atoms with Crippen molar-refractivity contribution < 1.29 is 18.0 Å². The van der Waals surface area contributed by atoms with E-state index in [-0.39, 0.29) is 29.7 Å². The minimum Gasteiger partial charge on any atom is -0.435 e. The first-order valence-corrected chi connectivity index (χ1v) is 8.51. The maximum Gasteiger partial charge on any atom is 0.387 e. The molecule has 0 aliphatic carbocycles. The fourth-order valence-electron chi connectivity index (χ4n) is 2.55. The van der Waals surface area contributed by atoms with Gasteiger partial charge >= 0.3 is 6.61 Å². The molecule has 0 atom stereocenters. The van der Waals surface area contributed by atoms with Crippen molar-refractivity contribution in [2.45, 2.75) is 46.4 Å². The molecule has 27 heavy (non-hydrogen) atoms. The number of rotatable bonds is 8. The van der Waals surface area contributed by atoms with Crippen LogP contribution in [0.3, 0.4) is 0 Å². The lowest BCUT2D eigenvalue weighted by Crippen LogP contribution is -2.36. The van der Waals surface area contributed by atoms with Gasteiger partial charge < -0.3 is 19.9 Å². The van der Waals surface area contributed by atoms with Gasteiger partial charge in [0.2, 0.25) is 0 Å². The molecule has 1 aromatic carbocycles. The van der Waals surface area contributed by atoms with Crippen LogP contribution in [0.5, 0.6) is 5.75 Å². The van der Waals surface area contributed by atoms with Gasteiger partial charge in [0.15, 0.2) is 5.96 Å². The molecule has 2 aromatic rings. The highest BCUT2D eigenvalue weighted by atomic mass is 127. The van der Waals surface area contributed by atoms with Crippen molar-refractivity contribution in [2.75, 3.05) is 7.05 Å². The first-order chi connectivity index (χ1) is 12.6. The van der Waals surface area contributed by atoms with E-state index in [2.05, 4.69) is 25.5 Å². The number of nitrogens with zero attached hydrogens (tertiary/aromatic N) is 2. The number of aromatic nitrogens is 1. The van der Waals surface area contributed by atoms with Crippen molar-refractivity contribution >= 4 is 29.9 Å². The summed E-state index contributed by atoms with van der Waals surface area (Å²) in [4.78, 5) is 4.18. The van der Waals surface area contributed by atoms with Crippen LogP contribution in [0.4, 0.5) is 8.78 Å². The van der Waals surface area contributed by atoms with E-state index in [1.807, 2.05) is 19.9 Å². The number of aryl methyl sites for hydroxylation is 2. The zero-order valence-electron chi connectivity index (χ0n) is 15.6. The molecule has 0 radical (unpaired) electrons. The number of hydrogen-bond acceptors (Lipinski definition) is 4. The Bertz CT molecular complexity index is 716. The number of benzene rings is 1. The summed E-state index contributed by atoms with van der Waals surface area (Å²) >= 11 is 0. The third-order valence-corrected chi connectivity index (χ3v) is 3.85. The number of hydrogen-bond donors (Lipinski definition) is 2. The highest BCUT2D eigenvalue weighted by molar-refractivity contribution is 14.0. The molecule has 9 heteroatoms. The second-order valence-corrected chi connectivity index (χ2v) is 5.54. The van der Waals surface area contributed by atoms with Crippen molar-refractivity contribution in [2.24, 2.45) is 4.99 Å². The second kappa shape index (κ2) is 11.7. The maximum atomic E-state index is 12.3. The van der Waals surface area contributed by atoms with Crippen molar-refractivity contribution in [3.8, 4) is 5.75 Å². The predicted octanol–water partition coefficient (Wildman–Crippen LogP) is 3.88. The molecule has 2 rings (SSSR count). The summed E-state index contributed by atoms with van der Waals surface area (Å²) in [6.45, 7) is 2.18. The van der Waals surface area contributed by atoms with Crippen molar-refractivity contribution in [1.82, 2.24) is 15.8 Å². The Morgan fingerprint density at radius 1 is 1.22 bits per heavy atom. The lowest BCUT2D eigenvalue weighted by atomic mass is 10.1. The average molecular weight is 494 g/mol. The molecule has 150 valence electrons. The molecule has 0 unspecified atom stereocenters. The van der Waals surface area contributed by atoms with Crippen LogP contribution in [0.1, 0.15) is 36.4 Å². The Morgan fingerprint density at radius 3 is 2.59 bits per heavy atom. The van der Waals surface area contributed by atoms with Gasteiger partial charge in [-0.3, -0.25) is 4.99 Å². The van der Waals surface area contributed by atoms with Gasteiger partial charge in [-0.2, -0.15) is 8.78 Å². The van der Waals surface area contributed by atoms with E-state index in [1.165, 1.54) is 6.07 Å². The Morgan fingerprint density at radius 2 is 1.96 bits per heavy atom. The standard InChI is InChI=1S/C18H24F2N4O2.HI/c1-4-15-14(16(5-2)26-24-15)11-23-18(21-3)22-10-12-7-6-8-13(9-12)25-17(19)20;/h6-9,17H,4-5,10-11H2,1-3H3,(H2,21,22,23);1H. The average Bonchev–Trinajstić information content (AvgIpc) is 3.03. The lowest BCUT2D eigenvalue weighted by molar-refractivity contribution is -0.0498. The van der Waals surface area contributed by atoms with Crippen molar-refractivity contribution in [1.29, 1.82) is 0 Å². The summed E-state index contributed by atoms with van der Waals surface area (Å²) in [6, 6.07) is 6.55. The summed E-state index contributed by atoms with van der Waals surface area (Å²) in [6.07, 6.45) is 1.57. The van der Waals surface area contributed by atoms with Crippen LogP contribution in [-0.4, -0.2) is 24.8 Å². The molecular formula is C18H25F2IN4O2. The SMILES string of the molecule is CCc1noc(CC)c1CNC(=NC)NCc1cccc(OC(F)F)c1.I. The van der Waals surface area contributed by atoms with Gasteiger partial charge in [0.25, 0.3) is 0 Å². The predicted molar refractivity (Wildman–Crippen MR) is 111 cm³/mol. The Kier molecular flexibility index (Phi) is 10.0. The van der Waals surface area contributed by atoms with Gasteiger partial charge in [-0.05, 0) is 24.1 Å². The number of alkyl halides is 2. The van der Waals surface area contributed by atoms with E-state index < -0.39 is 6.61 Å². The monoisotopic (exact) mass is 494 g/mol. The van der Waals surface area contributed by atoms with Gasteiger partial charge in [0.1, 0.15) is 11.5 Å². The smallest absolute Gasteiger partial charge is 0.387 e. The molecular weight excluding hydrogens is 469 g/mol. The second-order valence-electron chi connectivity index (χ2n) is 5.54. The van der Waals surface area contributed by atoms with E-state index in [0.717, 1.165) is 35.4 Å². The number of nitrogens with one attached hydrogen (secondary N) is 2. The Labute approximate surface area is 174 Å². The minimum absolute atomic E-state index is 0. The Balaban J connectivity index is 0.00000364. The summed E-state index contributed by atoms with van der Waals surface area (Å²) in [7, 11) is 1.67. The maximum absolute atomic E-state index is 12.3. The first-order valence-electron chi connectivity index (χ1n) is 8.51. The van der Waals surface area contributed by atoms with Gasteiger partial charge in [-0.15, -0.1) is 24.0 Å². The van der Waals surface area contributed by atoms with Gasteiger partial charge in [-0.1, -0.05) is 31.1 Å². The number of aliphatic imine (C=N–C) groups is 1. The van der Waals surface area contributed by atoms with Gasteiger partial charge in [0, 0.05) is 32.1 Å². The molecule has 1 aromatic heterocycles. The highest BCUT2D eigenvalue weighted by Gasteiger charge is 2.13. The number of halogens is 3. The van der Waals surface area contributed by atoms with Crippen LogP contribution in [-0.2, 0) is 25.9 Å². The molecule has 1 heterocycles. The van der Waals surface area contributed by atoms with Crippen LogP contribution >= 0.6 is 24.0 Å². The van der Waals surface area contributed by atoms with Gasteiger partial charge in [0.05, 0.1) is 5.69 Å². The van der Waals surface area contributed by atoms with Crippen LogP contribution in [0.15, 0.2) is 33.8 Å². The number of ether oxygens (including phenoxy) is 1. The fraction of sp³-hybridized carbons (Fsp3) is 0.444. The van der Waals surface area contributed by atoms with Gasteiger partial charge in [-0.25, -0.2) is 0 Å². The molecule has 0 aliphatic rings. The first kappa shape index (κ1) is 23.1. The highest BCUT2D eigenvalue weighted by Crippen LogP contribution is 2.16. The van der Waals surface area contributed by atoms with Crippen LogP contribution < -0.4 is 15.4 Å². The summed E-state index contributed by atoms with van der Waals surface area (Å²) < 4.78 is 34.4. The lowest BCUT2D eigenvalue weighted by Gasteiger charge is -2.13. The van der Waals surface area contributed by atoms with Crippen molar-refractivity contribution in [3.63, 3.8) is 0 Å². The van der Waals surface area contributed by atoms with Crippen LogP contribution in [0.2, 0.25) is 0 Å². The van der Waals surface area contributed by atoms with E-state index in [0.29, 0.717) is 19.0 Å². The molecule has 0 saturated heterocycles. The normalized spacial score (nSPS) is 11.3. The van der Waals surface area contributed by atoms with E-state index in [4.69, 9.17) is 4.52 Å². The molecule has 2 N–H and O–H groups in total. The molecule has 0 saturated carbocycles. The Hall–Kier alpha value is -1.91. The van der Waals surface area contributed by atoms with E-state index in [9.17, 15) is 8.78 Å². The summed E-state index contributed by atoms with van der Waals surface area (Å²) in [5.41, 5.74) is 2.78. The quantitative estimate of drug-likeness (QED) is 0.331. The van der Waals surface area contributed by atoms with E-state index in [1.54, 1.807) is 19.2 Å². The molecule has 6 nitrogen and oxygen atoms in total. The molecule has 0 bridgehead atoms. The third kappa shape index (κ3) is 6.96. The fourth-order valence-corrected chi connectivity index (χ4v) is 2.55. The van der Waals surface area contributed by atoms with Crippen LogP contribution in [0, 0.1) is 0 Å². The van der Waals surface area contributed by atoms with Crippen LogP contribution in [0.25, 0.3) is 0 Å². The summed E-state index contributed by atoms with van der Waals surface area (Å²) in [5.74, 6) is 1.59. The largest absolute Gasteiger partial charge is 0.435 e. The molecule has 0 fully saturated rings. The van der Waals surface area contributed by atoms with E-state index >= 15 is 0 Å². The molecule has 0 spiro atoms. The topological polar surface area (TPSA) is 71.7 Å². The zero-order chi connectivity index (χ0) is 18.9. The summed E-state index contributed by atoms with van der Waals surface area (Å²) in [5, 5.41) is 10.5. The zero-order valence-corrected chi connectivity index (χ0v) is 17.9. The minimum atomic E-state index is -2.84. The van der Waals surface area contributed by atoms with Crippen molar-refractivity contribution in [3.05, 3.63) is 46.8 Å².